The van der Waals surface area contributed by atoms with Crippen LogP contribution in [0.2, 0.25) is 0 Å². The molecule has 1 saturated heterocycles. The first kappa shape index (κ1) is 19.4. The fourth-order valence-corrected chi connectivity index (χ4v) is 8.75. The molecule has 1 unspecified atom stereocenters. The van der Waals surface area contributed by atoms with Crippen molar-refractivity contribution in [3.8, 4) is 0 Å². The minimum absolute atomic E-state index is 0.0464. The van der Waals surface area contributed by atoms with Gasteiger partial charge < -0.3 is 25.2 Å². The van der Waals surface area contributed by atoms with Crippen LogP contribution in [0.3, 0.4) is 0 Å². The minimum Gasteiger partial charge on any atom is -0.465 e. The summed E-state index contributed by atoms with van der Waals surface area (Å²) in [4.78, 5) is 13.1. The highest BCUT2D eigenvalue weighted by Crippen LogP contribution is 2.66. The molecule has 0 aromatic carbocycles. The third-order valence-corrected chi connectivity index (χ3v) is 10.9. The van der Waals surface area contributed by atoms with Gasteiger partial charge >= 0.3 is 5.97 Å². The van der Waals surface area contributed by atoms with Crippen molar-refractivity contribution in [3.63, 3.8) is 0 Å². The number of carbonyl (C=O) groups excluding carboxylic acids is 1. The lowest BCUT2D eigenvalue weighted by molar-refractivity contribution is -0.162. The lowest BCUT2D eigenvalue weighted by Crippen LogP contribution is -2.55. The molecule has 3 saturated carbocycles. The molecule has 4 N–H and O–H groups in total. The molecule has 0 radical (unpaired) electrons. The molecular weight excluding hydrogens is 432 g/mol. The van der Waals surface area contributed by atoms with E-state index in [4.69, 9.17) is 13.0 Å². The number of cyclic esters (lactones) is 1. The molecule has 34 heavy (non-hydrogen) atoms. The monoisotopic (exact) mass is 486 g/mol. The topological polar surface area (TPSA) is 107 Å². The summed E-state index contributed by atoms with van der Waals surface area (Å²) in [6.45, 7) is 2.25. The van der Waals surface area contributed by atoms with E-state index in [-0.39, 0.29) is 48.1 Å². The molecule has 6 heteroatoms. The van der Waals surface area contributed by atoms with Crippen molar-refractivity contribution in [1.82, 2.24) is 0 Å². The molecule has 0 spiro atoms. The van der Waals surface area contributed by atoms with E-state index in [2.05, 4.69) is 13.8 Å². The summed E-state index contributed by atoms with van der Waals surface area (Å²) in [5, 5.41) is 43.4. The second kappa shape index (κ2) is 9.32. The first-order valence-corrected chi connectivity index (χ1v) is 13.1. The Hall–Kier alpha value is -0.690. The maximum atomic E-state index is 13.1. The van der Waals surface area contributed by atoms with Crippen molar-refractivity contribution in [3.05, 3.63) is 0 Å². The summed E-state index contributed by atoms with van der Waals surface area (Å²) in [5.74, 6) is -3.94. The van der Waals surface area contributed by atoms with E-state index in [0.29, 0.717) is 6.42 Å². The van der Waals surface area contributed by atoms with Gasteiger partial charge in [0.15, 0.2) is 0 Å². The van der Waals surface area contributed by atoms with E-state index in [0.717, 1.165) is 25.7 Å². The minimum atomic E-state index is -2.76. The van der Waals surface area contributed by atoms with Gasteiger partial charge in [-0.25, -0.2) is 0 Å². The Balaban J connectivity index is 1.58. The number of aliphatic hydroxyl groups excluding tert-OH is 4. The van der Waals surface area contributed by atoms with Crippen LogP contribution in [-0.2, 0) is 9.53 Å². The molecule has 0 aromatic rings. The van der Waals surface area contributed by atoms with Crippen LogP contribution in [0.25, 0.3) is 0 Å². The standard InChI is InChI=1S/C28H48O6/c1-14(2)15(3)24(31)25(32)16(4)18-7-8-19-17-13-34-26(33)21-11-22(29)23(30)12-28(21,6)20(17)9-10-27(18,19)5/h14-25,29-32H,7-13H2,1-6H3/t15-,16-,17-,18+,19-,20-,21+,22-,23+,24+,25+,27+,28+/m0/s1/i1D3,3D3/t14?,15-,16-,17-,18+,19-,20-,21+,22-,23+,24+,25+,27+,28+. The molecule has 0 bridgehead atoms. The predicted octanol–water partition coefficient (Wildman–Crippen LogP) is 3.39. The normalized spacial score (nSPS) is 52.2. The SMILES string of the molecule is [2H]C([2H])([2H])C(C)[C@@H]([C@@H](O)[C@H](O)[C@@H](C)[C@H]1CC[C@H]2[C@@H]3COC(=O)[C@H]4C[C@H](O)[C@H](O)C[C@]4(C)[C@H]3CC[C@]12C)C([2H])([2H])[2H]. The maximum absolute atomic E-state index is 13.1. The van der Waals surface area contributed by atoms with E-state index in [1.54, 1.807) is 0 Å². The second-order valence-electron chi connectivity index (χ2n) is 12.5. The zero-order chi connectivity index (χ0) is 30.2. The van der Waals surface area contributed by atoms with Crippen LogP contribution in [0.1, 0.15) is 88.1 Å². The number of hydrogen-bond donors (Lipinski definition) is 4. The Morgan fingerprint density at radius 1 is 1.00 bits per heavy atom. The highest BCUT2D eigenvalue weighted by Gasteiger charge is 2.63. The first-order chi connectivity index (χ1) is 18.2. The quantitative estimate of drug-likeness (QED) is 0.444. The third-order valence-electron chi connectivity index (χ3n) is 10.9. The molecule has 1 aliphatic heterocycles. The van der Waals surface area contributed by atoms with Crippen molar-refractivity contribution in [2.24, 2.45) is 58.2 Å². The number of ether oxygens (including phenoxy) is 1. The average molecular weight is 487 g/mol. The second-order valence-corrected chi connectivity index (χ2v) is 12.5. The van der Waals surface area contributed by atoms with Crippen LogP contribution in [0.5, 0.6) is 0 Å². The number of rotatable bonds is 5. The van der Waals surface area contributed by atoms with Gasteiger partial charge in [-0.3, -0.25) is 4.79 Å². The Morgan fingerprint density at radius 2 is 1.71 bits per heavy atom. The summed E-state index contributed by atoms with van der Waals surface area (Å²) in [6.07, 6.45) is -1.30. The van der Waals surface area contributed by atoms with Gasteiger partial charge in [0, 0.05) is 8.22 Å². The van der Waals surface area contributed by atoms with Crippen LogP contribution in [0.4, 0.5) is 0 Å². The highest BCUT2D eigenvalue weighted by molar-refractivity contribution is 5.74. The number of esters is 1. The Kier molecular flexibility index (Phi) is 5.32. The van der Waals surface area contributed by atoms with Gasteiger partial charge in [0.2, 0.25) is 0 Å². The van der Waals surface area contributed by atoms with Crippen LogP contribution < -0.4 is 0 Å². The Bertz CT molecular complexity index is 943. The fourth-order valence-electron chi connectivity index (χ4n) is 8.75. The Morgan fingerprint density at radius 3 is 2.38 bits per heavy atom. The largest absolute Gasteiger partial charge is 0.465 e. The van der Waals surface area contributed by atoms with Crippen molar-refractivity contribution in [2.45, 2.75) is 104 Å². The van der Waals surface area contributed by atoms with Crippen molar-refractivity contribution in [1.29, 1.82) is 0 Å². The summed E-state index contributed by atoms with van der Waals surface area (Å²) < 4.78 is 52.9. The Labute approximate surface area is 213 Å². The van der Waals surface area contributed by atoms with Crippen molar-refractivity contribution in [2.75, 3.05) is 6.61 Å². The molecule has 0 amide bonds. The van der Waals surface area contributed by atoms with Gasteiger partial charge in [-0.15, -0.1) is 0 Å². The first-order valence-electron chi connectivity index (χ1n) is 16.1. The fraction of sp³-hybridized carbons (Fsp3) is 0.964. The molecule has 6 nitrogen and oxygen atoms in total. The van der Waals surface area contributed by atoms with Crippen LogP contribution in [-0.4, -0.2) is 57.4 Å². The third kappa shape index (κ3) is 4.05. The summed E-state index contributed by atoms with van der Waals surface area (Å²) in [5.41, 5.74) is -0.766. The molecule has 4 fully saturated rings. The van der Waals surface area contributed by atoms with E-state index in [1.165, 1.54) is 6.92 Å². The molecular formula is C28H48O6. The van der Waals surface area contributed by atoms with Gasteiger partial charge in [-0.2, -0.15) is 0 Å². The molecule has 1 heterocycles. The van der Waals surface area contributed by atoms with Crippen LogP contribution >= 0.6 is 0 Å². The zero-order valence-electron chi connectivity index (χ0n) is 27.0. The van der Waals surface area contributed by atoms with E-state index in [9.17, 15) is 25.2 Å². The van der Waals surface area contributed by atoms with E-state index in [1.807, 2.05) is 6.92 Å². The number of carbonyl (C=O) groups is 1. The van der Waals surface area contributed by atoms with Gasteiger partial charge in [0.25, 0.3) is 0 Å². The van der Waals surface area contributed by atoms with Crippen molar-refractivity contribution < 1.29 is 38.2 Å². The highest BCUT2D eigenvalue weighted by atomic mass is 16.5. The number of aliphatic hydroxyl groups is 4. The summed E-state index contributed by atoms with van der Waals surface area (Å²) in [7, 11) is 0. The van der Waals surface area contributed by atoms with Gasteiger partial charge in [0.1, 0.15) is 0 Å². The zero-order valence-corrected chi connectivity index (χ0v) is 21.0. The number of hydrogen-bond acceptors (Lipinski definition) is 6. The molecule has 196 valence electrons. The van der Waals surface area contributed by atoms with E-state index < -0.39 is 67.2 Å². The maximum Gasteiger partial charge on any atom is 0.309 e. The predicted molar refractivity (Wildman–Crippen MR) is 130 cm³/mol. The molecule has 0 aromatic heterocycles. The average Bonchev–Trinajstić information content (AvgIpc) is 3.14. The smallest absolute Gasteiger partial charge is 0.309 e. The lowest BCUT2D eigenvalue weighted by Gasteiger charge is -2.56. The van der Waals surface area contributed by atoms with Gasteiger partial charge in [-0.1, -0.05) is 41.4 Å². The van der Waals surface area contributed by atoms with Gasteiger partial charge in [0.05, 0.1) is 36.9 Å². The summed E-state index contributed by atoms with van der Waals surface area (Å²) in [6, 6.07) is 0. The summed E-state index contributed by atoms with van der Waals surface area (Å²) >= 11 is 0. The van der Waals surface area contributed by atoms with Crippen molar-refractivity contribution >= 4 is 5.97 Å². The van der Waals surface area contributed by atoms with Crippen LogP contribution in [0, 0.1) is 58.2 Å². The van der Waals surface area contributed by atoms with Gasteiger partial charge in [-0.05, 0) is 90.8 Å². The van der Waals surface area contributed by atoms with Crippen LogP contribution in [0.15, 0.2) is 0 Å². The van der Waals surface area contributed by atoms with E-state index >= 15 is 0 Å². The molecule has 4 aliphatic rings. The molecule has 14 atom stereocenters. The lowest BCUT2D eigenvalue weighted by atomic mass is 9.48. The molecule has 4 rings (SSSR count). The number of fused-ring (bicyclic) bond motifs is 5. The molecule has 3 aliphatic carbocycles.